The van der Waals surface area contributed by atoms with E-state index in [-0.39, 0.29) is 0 Å². The Morgan fingerprint density at radius 1 is 1.18 bits per heavy atom. The van der Waals surface area contributed by atoms with E-state index in [9.17, 15) is 0 Å². The molecule has 0 radical (unpaired) electrons. The first-order valence-electron chi connectivity index (χ1n) is 5.88. The zero-order valence-electron chi connectivity index (χ0n) is 10.9. The van der Waals surface area contributed by atoms with E-state index in [1.165, 1.54) is 5.56 Å². The summed E-state index contributed by atoms with van der Waals surface area (Å²) in [7, 11) is 1.91. The van der Waals surface area contributed by atoms with Gasteiger partial charge in [-0.1, -0.05) is 26.8 Å². The van der Waals surface area contributed by atoms with Crippen LogP contribution in [-0.4, -0.2) is 14.8 Å². The molecule has 0 saturated heterocycles. The van der Waals surface area contributed by atoms with Crippen LogP contribution in [0.2, 0.25) is 0 Å². The summed E-state index contributed by atoms with van der Waals surface area (Å²) in [5.74, 6) is 0. The molecule has 0 N–H and O–H groups in total. The molecule has 0 aliphatic rings. The van der Waals surface area contributed by atoms with E-state index in [4.69, 9.17) is 0 Å². The molecule has 0 spiro atoms. The molecule has 0 aromatic carbocycles. The first-order chi connectivity index (χ1) is 7.94. The van der Waals surface area contributed by atoms with Gasteiger partial charge in [-0.15, -0.1) is 0 Å². The largest absolute Gasteiger partial charge is 0.275 e. The lowest BCUT2D eigenvalue weighted by atomic mass is 9.89. The Bertz CT molecular complexity index is 489. The topological polar surface area (TPSA) is 30.7 Å². The van der Waals surface area contributed by atoms with Gasteiger partial charge in [0.05, 0.1) is 11.9 Å². The highest BCUT2D eigenvalue weighted by atomic mass is 15.2. The molecule has 2 heterocycles. The fourth-order valence-corrected chi connectivity index (χ4v) is 1.87. The third kappa shape index (κ3) is 3.16. The minimum absolute atomic E-state index is 0.303. The molecule has 17 heavy (non-hydrogen) atoms. The van der Waals surface area contributed by atoms with Crippen LogP contribution < -0.4 is 0 Å². The number of hydrogen-bond donors (Lipinski definition) is 0. The third-order valence-electron chi connectivity index (χ3n) is 2.56. The number of rotatable bonds is 2. The SMILES string of the molecule is Cn1cc(-c2ccc(CC(C)(C)C)cn2)cn1. The van der Waals surface area contributed by atoms with Gasteiger partial charge in [0.15, 0.2) is 0 Å². The van der Waals surface area contributed by atoms with Crippen LogP contribution in [0.3, 0.4) is 0 Å². The third-order valence-corrected chi connectivity index (χ3v) is 2.56. The standard InChI is InChI=1S/C14H19N3/c1-14(2,3)7-11-5-6-13(15-8-11)12-9-16-17(4)10-12/h5-6,8-10H,7H2,1-4H3. The molecule has 3 heteroatoms. The molecule has 0 aliphatic heterocycles. The fourth-order valence-electron chi connectivity index (χ4n) is 1.87. The average molecular weight is 229 g/mol. The summed E-state index contributed by atoms with van der Waals surface area (Å²) >= 11 is 0. The van der Waals surface area contributed by atoms with E-state index < -0.39 is 0 Å². The highest BCUT2D eigenvalue weighted by molar-refractivity contribution is 5.56. The predicted octanol–water partition coefficient (Wildman–Crippen LogP) is 3.07. The predicted molar refractivity (Wildman–Crippen MR) is 69.6 cm³/mol. The maximum atomic E-state index is 4.49. The summed E-state index contributed by atoms with van der Waals surface area (Å²) in [6, 6.07) is 4.22. The molecule has 0 aliphatic carbocycles. The highest BCUT2D eigenvalue weighted by Gasteiger charge is 2.11. The summed E-state index contributed by atoms with van der Waals surface area (Å²) in [5, 5.41) is 4.15. The lowest BCUT2D eigenvalue weighted by molar-refractivity contribution is 0.411. The van der Waals surface area contributed by atoms with E-state index in [0.717, 1.165) is 17.7 Å². The molecule has 0 atom stereocenters. The van der Waals surface area contributed by atoms with Gasteiger partial charge in [-0.05, 0) is 23.5 Å². The van der Waals surface area contributed by atoms with Gasteiger partial charge in [0.2, 0.25) is 0 Å². The second-order valence-electron chi connectivity index (χ2n) is 5.69. The molecule has 0 amide bonds. The van der Waals surface area contributed by atoms with Gasteiger partial charge in [-0.3, -0.25) is 9.67 Å². The van der Waals surface area contributed by atoms with Crippen molar-refractivity contribution in [3.05, 3.63) is 36.3 Å². The van der Waals surface area contributed by atoms with Crippen molar-refractivity contribution >= 4 is 0 Å². The molecule has 2 aromatic rings. The van der Waals surface area contributed by atoms with E-state index in [1.54, 1.807) is 4.68 Å². The Labute approximate surface area is 103 Å². The van der Waals surface area contributed by atoms with Crippen LogP contribution >= 0.6 is 0 Å². The average Bonchev–Trinajstić information content (AvgIpc) is 2.63. The van der Waals surface area contributed by atoms with Crippen molar-refractivity contribution in [1.82, 2.24) is 14.8 Å². The van der Waals surface area contributed by atoms with Crippen LogP contribution in [0.4, 0.5) is 0 Å². The van der Waals surface area contributed by atoms with E-state index in [1.807, 2.05) is 25.6 Å². The van der Waals surface area contributed by atoms with Gasteiger partial charge in [0.25, 0.3) is 0 Å². The maximum absolute atomic E-state index is 4.49. The second-order valence-corrected chi connectivity index (χ2v) is 5.69. The number of pyridine rings is 1. The van der Waals surface area contributed by atoms with Crippen molar-refractivity contribution in [3.63, 3.8) is 0 Å². The number of nitrogens with zero attached hydrogens (tertiary/aromatic N) is 3. The molecule has 90 valence electrons. The molecule has 0 saturated carbocycles. The summed E-state index contributed by atoms with van der Waals surface area (Å²) in [6.45, 7) is 6.71. The van der Waals surface area contributed by atoms with Crippen molar-refractivity contribution in [1.29, 1.82) is 0 Å². The molecule has 2 rings (SSSR count). The Balaban J connectivity index is 2.19. The lowest BCUT2D eigenvalue weighted by Crippen LogP contribution is -2.09. The summed E-state index contributed by atoms with van der Waals surface area (Å²) in [5.41, 5.74) is 3.63. The smallest absolute Gasteiger partial charge is 0.0733 e. The van der Waals surface area contributed by atoms with Crippen molar-refractivity contribution < 1.29 is 0 Å². The number of aromatic nitrogens is 3. The number of aryl methyl sites for hydroxylation is 1. The van der Waals surface area contributed by atoms with Crippen LogP contribution in [0.15, 0.2) is 30.7 Å². The Morgan fingerprint density at radius 2 is 1.94 bits per heavy atom. The number of hydrogen-bond acceptors (Lipinski definition) is 2. The maximum Gasteiger partial charge on any atom is 0.0733 e. The lowest BCUT2D eigenvalue weighted by Gasteiger charge is -2.17. The Morgan fingerprint density at radius 3 is 2.41 bits per heavy atom. The van der Waals surface area contributed by atoms with Gasteiger partial charge in [0.1, 0.15) is 0 Å². The summed E-state index contributed by atoms with van der Waals surface area (Å²) in [4.78, 5) is 4.49. The van der Waals surface area contributed by atoms with Crippen LogP contribution in [0.25, 0.3) is 11.3 Å². The first-order valence-corrected chi connectivity index (χ1v) is 5.88. The minimum atomic E-state index is 0.303. The Hall–Kier alpha value is -1.64. The molecule has 2 aromatic heterocycles. The molecule has 3 nitrogen and oxygen atoms in total. The van der Waals surface area contributed by atoms with E-state index in [2.05, 4.69) is 43.0 Å². The molecular formula is C14H19N3. The van der Waals surface area contributed by atoms with Crippen molar-refractivity contribution in [2.75, 3.05) is 0 Å². The molecular weight excluding hydrogens is 210 g/mol. The van der Waals surface area contributed by atoms with Crippen LogP contribution in [0, 0.1) is 5.41 Å². The fraction of sp³-hybridized carbons (Fsp3) is 0.429. The normalized spacial score (nSPS) is 11.8. The monoisotopic (exact) mass is 229 g/mol. The Kier molecular flexibility index (Phi) is 3.01. The van der Waals surface area contributed by atoms with E-state index in [0.29, 0.717) is 5.41 Å². The molecule has 0 unspecified atom stereocenters. The second kappa shape index (κ2) is 4.32. The van der Waals surface area contributed by atoms with Crippen molar-refractivity contribution in [3.8, 4) is 11.3 Å². The van der Waals surface area contributed by atoms with E-state index >= 15 is 0 Å². The van der Waals surface area contributed by atoms with Gasteiger partial charge < -0.3 is 0 Å². The molecule has 0 fully saturated rings. The van der Waals surface area contributed by atoms with Gasteiger partial charge in [-0.2, -0.15) is 5.10 Å². The minimum Gasteiger partial charge on any atom is -0.275 e. The van der Waals surface area contributed by atoms with Gasteiger partial charge in [0, 0.05) is 25.0 Å². The van der Waals surface area contributed by atoms with Crippen molar-refractivity contribution in [2.45, 2.75) is 27.2 Å². The zero-order valence-corrected chi connectivity index (χ0v) is 10.9. The summed E-state index contributed by atoms with van der Waals surface area (Å²) < 4.78 is 1.79. The zero-order chi connectivity index (χ0) is 12.5. The quantitative estimate of drug-likeness (QED) is 0.792. The summed E-state index contributed by atoms with van der Waals surface area (Å²) in [6.07, 6.45) is 6.83. The van der Waals surface area contributed by atoms with Crippen LogP contribution in [0.5, 0.6) is 0 Å². The highest BCUT2D eigenvalue weighted by Crippen LogP contribution is 2.22. The van der Waals surface area contributed by atoms with Gasteiger partial charge in [-0.25, -0.2) is 0 Å². The first kappa shape index (κ1) is 11.8. The van der Waals surface area contributed by atoms with Crippen molar-refractivity contribution in [2.24, 2.45) is 12.5 Å². The molecule has 0 bridgehead atoms. The van der Waals surface area contributed by atoms with Crippen LogP contribution in [0.1, 0.15) is 26.3 Å². The van der Waals surface area contributed by atoms with Gasteiger partial charge >= 0.3 is 0 Å². The van der Waals surface area contributed by atoms with Crippen LogP contribution in [-0.2, 0) is 13.5 Å².